The van der Waals surface area contributed by atoms with Gasteiger partial charge in [0.15, 0.2) is 0 Å². The van der Waals surface area contributed by atoms with Crippen LogP contribution in [0.15, 0.2) is 54.7 Å². The number of aryl methyl sites for hydroxylation is 2. The summed E-state index contributed by atoms with van der Waals surface area (Å²) in [6.45, 7) is 4.20. The van der Waals surface area contributed by atoms with Gasteiger partial charge in [0.25, 0.3) is 0 Å². The van der Waals surface area contributed by atoms with Crippen LogP contribution in [0, 0.1) is 13.8 Å². The summed E-state index contributed by atoms with van der Waals surface area (Å²) in [4.78, 5) is 4.64. The van der Waals surface area contributed by atoms with Crippen LogP contribution in [0.2, 0.25) is 0 Å². The molecule has 2 heteroatoms. The maximum Gasteiger partial charge on any atom is 0.0751 e. The second-order valence-corrected chi connectivity index (χ2v) is 5.54. The maximum absolute atomic E-state index is 4.64. The number of hydrogen-bond donors (Lipinski definition) is 1. The van der Waals surface area contributed by atoms with Crippen molar-refractivity contribution in [2.75, 3.05) is 7.05 Å². The molecule has 106 valence electrons. The lowest BCUT2D eigenvalue weighted by atomic mass is 9.97. The summed E-state index contributed by atoms with van der Waals surface area (Å²) in [5, 5.41) is 5.93. The zero-order chi connectivity index (χ0) is 14.8. The molecule has 2 nitrogen and oxygen atoms in total. The van der Waals surface area contributed by atoms with E-state index < -0.39 is 0 Å². The van der Waals surface area contributed by atoms with Crippen molar-refractivity contribution in [3.8, 4) is 0 Å². The van der Waals surface area contributed by atoms with Crippen LogP contribution >= 0.6 is 0 Å². The highest BCUT2D eigenvalue weighted by Crippen LogP contribution is 2.26. The zero-order valence-electron chi connectivity index (χ0n) is 12.7. The van der Waals surface area contributed by atoms with Crippen LogP contribution in [-0.2, 0) is 0 Å². The molecule has 1 atom stereocenters. The summed E-state index contributed by atoms with van der Waals surface area (Å²) in [5.41, 5.74) is 4.76. The van der Waals surface area contributed by atoms with Crippen molar-refractivity contribution in [1.82, 2.24) is 10.3 Å². The molecule has 1 N–H and O–H groups in total. The molecular formula is C19H20N2. The van der Waals surface area contributed by atoms with E-state index in [-0.39, 0.29) is 6.04 Å². The number of fused-ring (bicyclic) bond motifs is 1. The highest BCUT2D eigenvalue weighted by molar-refractivity contribution is 5.83. The monoisotopic (exact) mass is 276 g/mol. The van der Waals surface area contributed by atoms with Gasteiger partial charge in [-0.1, -0.05) is 42.5 Å². The Hall–Kier alpha value is -2.19. The van der Waals surface area contributed by atoms with E-state index in [1.807, 2.05) is 13.2 Å². The predicted molar refractivity (Wildman–Crippen MR) is 88.6 cm³/mol. The van der Waals surface area contributed by atoms with Gasteiger partial charge in [-0.25, -0.2) is 0 Å². The van der Waals surface area contributed by atoms with Crippen LogP contribution < -0.4 is 5.32 Å². The normalized spacial score (nSPS) is 12.5. The summed E-state index contributed by atoms with van der Waals surface area (Å²) in [7, 11) is 1.99. The Bertz CT molecular complexity index is 777. The van der Waals surface area contributed by atoms with E-state index in [9.17, 15) is 0 Å². The molecule has 3 aromatic rings. The molecule has 0 aliphatic rings. The molecule has 0 amide bonds. The molecule has 21 heavy (non-hydrogen) atoms. The van der Waals surface area contributed by atoms with Crippen molar-refractivity contribution in [1.29, 1.82) is 0 Å². The summed E-state index contributed by atoms with van der Waals surface area (Å²) >= 11 is 0. The Kier molecular flexibility index (Phi) is 3.72. The molecule has 3 rings (SSSR count). The third-order valence-corrected chi connectivity index (χ3v) is 3.92. The molecule has 0 aliphatic heterocycles. The molecule has 0 saturated carbocycles. The number of pyridine rings is 1. The van der Waals surface area contributed by atoms with Gasteiger partial charge < -0.3 is 5.32 Å². The van der Waals surface area contributed by atoms with Crippen LogP contribution in [0.4, 0.5) is 0 Å². The molecule has 1 unspecified atom stereocenters. The number of rotatable bonds is 3. The van der Waals surface area contributed by atoms with E-state index >= 15 is 0 Å². The number of nitrogens with one attached hydrogen (secondary N) is 1. The van der Waals surface area contributed by atoms with E-state index in [0.29, 0.717) is 0 Å². The van der Waals surface area contributed by atoms with Gasteiger partial charge >= 0.3 is 0 Å². The highest BCUT2D eigenvalue weighted by atomic mass is 14.9. The van der Waals surface area contributed by atoms with Gasteiger partial charge in [0.05, 0.1) is 11.7 Å². The Morgan fingerprint density at radius 3 is 2.43 bits per heavy atom. The molecule has 1 heterocycles. The van der Waals surface area contributed by atoms with E-state index in [1.165, 1.54) is 27.5 Å². The van der Waals surface area contributed by atoms with E-state index in [0.717, 1.165) is 5.69 Å². The number of benzene rings is 2. The first-order valence-electron chi connectivity index (χ1n) is 7.28. The second-order valence-electron chi connectivity index (χ2n) is 5.54. The lowest BCUT2D eigenvalue weighted by Crippen LogP contribution is -2.20. The first-order chi connectivity index (χ1) is 10.2. The first kappa shape index (κ1) is 13.8. The lowest BCUT2D eigenvalue weighted by molar-refractivity contribution is 0.666. The SMILES string of the molecule is CNC(c1ccc2ccccc2c1)c1ncc(C)cc1C. The molecular weight excluding hydrogens is 256 g/mol. The standard InChI is InChI=1S/C19H20N2/c1-13-10-14(2)18(21-12-13)19(20-3)17-9-8-15-6-4-5-7-16(15)11-17/h4-12,19-20H,1-3H3. The minimum absolute atomic E-state index is 0.121. The van der Waals surface area contributed by atoms with Gasteiger partial charge in [-0.3, -0.25) is 4.98 Å². The average Bonchev–Trinajstić information content (AvgIpc) is 2.50. The first-order valence-corrected chi connectivity index (χ1v) is 7.28. The van der Waals surface area contributed by atoms with Crippen LogP contribution in [0.3, 0.4) is 0 Å². The van der Waals surface area contributed by atoms with Crippen molar-refractivity contribution in [2.24, 2.45) is 0 Å². The average molecular weight is 276 g/mol. The number of aromatic nitrogens is 1. The van der Waals surface area contributed by atoms with Crippen molar-refractivity contribution in [2.45, 2.75) is 19.9 Å². The topological polar surface area (TPSA) is 24.9 Å². The summed E-state index contributed by atoms with van der Waals surface area (Å²) < 4.78 is 0. The summed E-state index contributed by atoms with van der Waals surface area (Å²) in [6.07, 6.45) is 1.94. The molecule has 0 aliphatic carbocycles. The van der Waals surface area contributed by atoms with E-state index in [4.69, 9.17) is 0 Å². The highest BCUT2D eigenvalue weighted by Gasteiger charge is 2.16. The number of hydrogen-bond acceptors (Lipinski definition) is 2. The van der Waals surface area contributed by atoms with Crippen LogP contribution in [-0.4, -0.2) is 12.0 Å². The summed E-state index contributed by atoms with van der Waals surface area (Å²) in [6, 6.07) is 17.4. The van der Waals surface area contributed by atoms with Crippen LogP contribution in [0.25, 0.3) is 10.8 Å². The van der Waals surface area contributed by atoms with Gasteiger partial charge in [0, 0.05) is 6.20 Å². The third kappa shape index (κ3) is 2.67. The minimum atomic E-state index is 0.121. The van der Waals surface area contributed by atoms with Gasteiger partial charge in [0.1, 0.15) is 0 Å². The van der Waals surface area contributed by atoms with Gasteiger partial charge in [-0.2, -0.15) is 0 Å². The smallest absolute Gasteiger partial charge is 0.0751 e. The largest absolute Gasteiger partial charge is 0.308 e. The Morgan fingerprint density at radius 1 is 0.952 bits per heavy atom. The summed E-state index contributed by atoms with van der Waals surface area (Å²) in [5.74, 6) is 0. The van der Waals surface area contributed by atoms with Crippen LogP contribution in [0.5, 0.6) is 0 Å². The molecule has 2 aromatic carbocycles. The van der Waals surface area contributed by atoms with Gasteiger partial charge in [0.2, 0.25) is 0 Å². The maximum atomic E-state index is 4.64. The van der Waals surface area contributed by atoms with E-state index in [1.54, 1.807) is 0 Å². The molecule has 0 radical (unpaired) electrons. The minimum Gasteiger partial charge on any atom is -0.308 e. The van der Waals surface area contributed by atoms with Crippen molar-refractivity contribution in [3.63, 3.8) is 0 Å². The van der Waals surface area contributed by atoms with Crippen molar-refractivity contribution < 1.29 is 0 Å². The predicted octanol–water partition coefficient (Wildman–Crippen LogP) is 4.16. The van der Waals surface area contributed by atoms with Crippen molar-refractivity contribution in [3.05, 3.63) is 77.1 Å². The zero-order valence-corrected chi connectivity index (χ0v) is 12.7. The fourth-order valence-electron chi connectivity index (χ4n) is 2.88. The fraction of sp³-hybridized carbons (Fsp3) is 0.211. The second kappa shape index (κ2) is 5.66. The van der Waals surface area contributed by atoms with E-state index in [2.05, 4.69) is 72.7 Å². The van der Waals surface area contributed by atoms with Gasteiger partial charge in [-0.05, 0) is 54.4 Å². The fourth-order valence-corrected chi connectivity index (χ4v) is 2.88. The molecule has 1 aromatic heterocycles. The van der Waals surface area contributed by atoms with Crippen molar-refractivity contribution >= 4 is 10.8 Å². The number of nitrogens with zero attached hydrogens (tertiary/aromatic N) is 1. The molecule has 0 spiro atoms. The molecule has 0 bridgehead atoms. The Labute approximate surface area is 125 Å². The van der Waals surface area contributed by atoms with Gasteiger partial charge in [-0.15, -0.1) is 0 Å². The Morgan fingerprint density at radius 2 is 1.71 bits per heavy atom. The molecule has 0 saturated heterocycles. The van der Waals surface area contributed by atoms with Crippen LogP contribution in [0.1, 0.15) is 28.4 Å². The third-order valence-electron chi connectivity index (χ3n) is 3.92. The lowest BCUT2D eigenvalue weighted by Gasteiger charge is -2.19. The Balaban J connectivity index is 2.09. The molecule has 0 fully saturated rings. The quantitative estimate of drug-likeness (QED) is 0.777.